The zero-order valence-electron chi connectivity index (χ0n) is 11.4. The van der Waals surface area contributed by atoms with Crippen molar-refractivity contribution in [3.63, 3.8) is 0 Å². The molecule has 0 amide bonds. The second-order valence-electron chi connectivity index (χ2n) is 5.13. The van der Waals surface area contributed by atoms with Crippen LogP contribution in [0.15, 0.2) is 5.16 Å². The molecule has 3 rings (SSSR count). The van der Waals surface area contributed by atoms with Crippen LogP contribution < -0.4 is 15.5 Å². The van der Waals surface area contributed by atoms with Gasteiger partial charge in [0.15, 0.2) is 0 Å². The minimum absolute atomic E-state index is 0.0757. The van der Waals surface area contributed by atoms with Gasteiger partial charge < -0.3 is 20.7 Å². The Hall–Kier alpha value is -2.12. The molecule has 2 fully saturated rings. The summed E-state index contributed by atoms with van der Waals surface area (Å²) in [6.07, 6.45) is 4.57. The smallest absolute Gasteiger partial charge is 0.230 e. The summed E-state index contributed by atoms with van der Waals surface area (Å²) in [7, 11) is 0. The lowest BCUT2D eigenvalue weighted by Gasteiger charge is -2.20. The van der Waals surface area contributed by atoms with Crippen LogP contribution in [0.2, 0.25) is 0 Å². The highest BCUT2D eigenvalue weighted by Gasteiger charge is 2.22. The third kappa shape index (κ3) is 2.45. The first-order chi connectivity index (χ1) is 9.78. The topological polar surface area (TPSA) is 104 Å². The molecule has 2 saturated heterocycles. The molecule has 8 nitrogen and oxygen atoms in total. The van der Waals surface area contributed by atoms with E-state index in [4.69, 9.17) is 10.9 Å². The van der Waals surface area contributed by atoms with Gasteiger partial charge in [0.2, 0.25) is 23.6 Å². The van der Waals surface area contributed by atoms with Crippen LogP contribution in [0.25, 0.3) is 0 Å². The fraction of sp³-hybridized carbons (Fsp3) is 0.667. The maximum atomic E-state index is 8.84. The number of amidine groups is 1. The molecule has 8 heteroatoms. The first kappa shape index (κ1) is 12.9. The van der Waals surface area contributed by atoms with Crippen molar-refractivity contribution in [1.29, 1.82) is 0 Å². The van der Waals surface area contributed by atoms with E-state index in [9.17, 15) is 0 Å². The third-order valence-electron chi connectivity index (χ3n) is 3.73. The van der Waals surface area contributed by atoms with E-state index in [0.717, 1.165) is 51.9 Å². The summed E-state index contributed by atoms with van der Waals surface area (Å²) >= 11 is 0. The van der Waals surface area contributed by atoms with Gasteiger partial charge in [-0.1, -0.05) is 5.16 Å². The molecule has 1 aromatic heterocycles. The summed E-state index contributed by atoms with van der Waals surface area (Å²) in [5.74, 6) is 1.42. The van der Waals surface area contributed by atoms with Gasteiger partial charge in [-0.05, 0) is 25.7 Å². The molecule has 2 aliphatic heterocycles. The predicted octanol–water partition coefficient (Wildman–Crippen LogP) is 0.166. The van der Waals surface area contributed by atoms with Crippen LogP contribution in [-0.4, -0.2) is 52.2 Å². The van der Waals surface area contributed by atoms with E-state index in [2.05, 4.69) is 29.9 Å². The van der Waals surface area contributed by atoms with Gasteiger partial charge in [-0.15, -0.1) is 0 Å². The third-order valence-corrected chi connectivity index (χ3v) is 3.73. The average molecular weight is 277 g/mol. The Morgan fingerprint density at radius 3 is 1.75 bits per heavy atom. The first-order valence-electron chi connectivity index (χ1n) is 7.02. The number of rotatable bonds is 3. The molecule has 0 saturated carbocycles. The normalized spacial score (nSPS) is 19.9. The predicted molar refractivity (Wildman–Crippen MR) is 75.2 cm³/mol. The summed E-state index contributed by atoms with van der Waals surface area (Å²) in [5.41, 5.74) is 5.64. The van der Waals surface area contributed by atoms with Gasteiger partial charge in [-0.3, -0.25) is 0 Å². The molecule has 0 bridgehead atoms. The summed E-state index contributed by atoms with van der Waals surface area (Å²) in [4.78, 5) is 17.4. The molecule has 0 aliphatic carbocycles. The number of anilines is 2. The van der Waals surface area contributed by atoms with Crippen LogP contribution in [0.4, 0.5) is 11.9 Å². The number of aromatic nitrogens is 3. The molecule has 20 heavy (non-hydrogen) atoms. The van der Waals surface area contributed by atoms with Gasteiger partial charge in [0.1, 0.15) is 0 Å². The zero-order valence-corrected chi connectivity index (χ0v) is 11.4. The lowest BCUT2D eigenvalue weighted by molar-refractivity contribution is 0.318. The molecule has 0 atom stereocenters. The Morgan fingerprint density at radius 2 is 1.35 bits per heavy atom. The van der Waals surface area contributed by atoms with E-state index in [1.54, 1.807) is 0 Å². The van der Waals surface area contributed by atoms with E-state index >= 15 is 0 Å². The summed E-state index contributed by atoms with van der Waals surface area (Å²) in [5, 5.41) is 11.8. The molecule has 2 aliphatic rings. The molecule has 3 heterocycles. The highest BCUT2D eigenvalue weighted by atomic mass is 16.4. The second kappa shape index (κ2) is 5.48. The molecule has 0 spiro atoms. The standard InChI is InChI=1S/C12H19N7O/c13-9(17-20)10-14-11(18-5-1-2-6-18)16-12(15-10)19-7-3-4-8-19/h20H,1-8H2,(H2,13,17). The minimum Gasteiger partial charge on any atom is -0.409 e. The average Bonchev–Trinajstić information content (AvgIpc) is 3.18. The number of hydrogen-bond acceptors (Lipinski definition) is 7. The fourth-order valence-corrected chi connectivity index (χ4v) is 2.63. The Kier molecular flexibility index (Phi) is 3.53. The largest absolute Gasteiger partial charge is 0.409 e. The molecule has 108 valence electrons. The highest BCUT2D eigenvalue weighted by Crippen LogP contribution is 2.21. The summed E-state index contributed by atoms with van der Waals surface area (Å²) in [6.45, 7) is 3.77. The Balaban J connectivity index is 1.97. The van der Waals surface area contributed by atoms with Crippen molar-refractivity contribution in [2.24, 2.45) is 10.9 Å². The number of nitrogens with two attached hydrogens (primary N) is 1. The Labute approximate surface area is 117 Å². The lowest BCUT2D eigenvalue weighted by atomic mass is 10.4. The number of hydrogen-bond donors (Lipinski definition) is 2. The second-order valence-corrected chi connectivity index (χ2v) is 5.13. The van der Waals surface area contributed by atoms with Gasteiger partial charge in [0.05, 0.1) is 0 Å². The number of oxime groups is 1. The van der Waals surface area contributed by atoms with E-state index in [1.165, 1.54) is 0 Å². The number of nitrogens with zero attached hydrogens (tertiary/aromatic N) is 6. The maximum absolute atomic E-state index is 8.84. The van der Waals surface area contributed by atoms with Gasteiger partial charge in [0, 0.05) is 26.2 Å². The monoisotopic (exact) mass is 277 g/mol. The van der Waals surface area contributed by atoms with E-state index in [0.29, 0.717) is 11.9 Å². The van der Waals surface area contributed by atoms with Crippen LogP contribution in [0, 0.1) is 0 Å². The van der Waals surface area contributed by atoms with E-state index in [1.807, 2.05) is 0 Å². The Morgan fingerprint density at radius 1 is 0.900 bits per heavy atom. The molecular weight excluding hydrogens is 258 g/mol. The van der Waals surface area contributed by atoms with Gasteiger partial charge in [-0.2, -0.15) is 15.0 Å². The zero-order chi connectivity index (χ0) is 13.9. The lowest BCUT2D eigenvalue weighted by Crippen LogP contribution is -2.28. The summed E-state index contributed by atoms with van der Waals surface area (Å²) < 4.78 is 0. The van der Waals surface area contributed by atoms with Crippen molar-refractivity contribution in [2.45, 2.75) is 25.7 Å². The van der Waals surface area contributed by atoms with Crippen LogP contribution in [0.5, 0.6) is 0 Å². The summed E-state index contributed by atoms with van der Waals surface area (Å²) in [6, 6.07) is 0. The molecule has 1 aromatic rings. The first-order valence-corrected chi connectivity index (χ1v) is 7.02. The van der Waals surface area contributed by atoms with Crippen molar-refractivity contribution in [1.82, 2.24) is 15.0 Å². The van der Waals surface area contributed by atoms with Crippen molar-refractivity contribution >= 4 is 17.7 Å². The molecule has 0 aromatic carbocycles. The fourth-order valence-electron chi connectivity index (χ4n) is 2.63. The molecule has 3 N–H and O–H groups in total. The van der Waals surface area contributed by atoms with Crippen LogP contribution in [-0.2, 0) is 0 Å². The van der Waals surface area contributed by atoms with Crippen molar-refractivity contribution < 1.29 is 5.21 Å². The Bertz CT molecular complexity index is 472. The van der Waals surface area contributed by atoms with Crippen molar-refractivity contribution in [3.05, 3.63) is 5.82 Å². The van der Waals surface area contributed by atoms with Crippen molar-refractivity contribution in [2.75, 3.05) is 36.0 Å². The van der Waals surface area contributed by atoms with Crippen LogP contribution in [0.3, 0.4) is 0 Å². The van der Waals surface area contributed by atoms with E-state index < -0.39 is 0 Å². The van der Waals surface area contributed by atoms with Crippen molar-refractivity contribution in [3.8, 4) is 0 Å². The van der Waals surface area contributed by atoms with Crippen LogP contribution >= 0.6 is 0 Å². The SMILES string of the molecule is N/C(=N\O)c1nc(N2CCCC2)nc(N2CCCC2)n1. The minimum atomic E-state index is -0.0757. The van der Waals surface area contributed by atoms with E-state index in [-0.39, 0.29) is 11.7 Å². The van der Waals surface area contributed by atoms with Gasteiger partial charge in [-0.25, -0.2) is 0 Å². The maximum Gasteiger partial charge on any atom is 0.230 e. The quantitative estimate of drug-likeness (QED) is 0.351. The van der Waals surface area contributed by atoms with Gasteiger partial charge in [0.25, 0.3) is 0 Å². The molecule has 0 unspecified atom stereocenters. The highest BCUT2D eigenvalue weighted by molar-refractivity contribution is 5.93. The van der Waals surface area contributed by atoms with Gasteiger partial charge >= 0.3 is 0 Å². The molecular formula is C12H19N7O. The molecule has 0 radical (unpaired) electrons. The van der Waals surface area contributed by atoms with Crippen LogP contribution in [0.1, 0.15) is 31.5 Å².